The van der Waals surface area contributed by atoms with Gasteiger partial charge in [-0.3, -0.25) is 4.79 Å². The number of carbonyl (C=O) groups is 4. The van der Waals surface area contributed by atoms with Gasteiger partial charge < -0.3 is 30.2 Å². The number of imide groups is 1. The van der Waals surface area contributed by atoms with Crippen LogP contribution in [-0.4, -0.2) is 59.7 Å². The summed E-state index contributed by atoms with van der Waals surface area (Å²) in [5.74, 6) is -1.42. The number of benzene rings is 3. The highest BCUT2D eigenvalue weighted by Gasteiger charge is 2.39. The Bertz CT molecular complexity index is 1500. The van der Waals surface area contributed by atoms with E-state index in [0.29, 0.717) is 35.4 Å². The minimum absolute atomic E-state index is 0.0604. The first-order valence-corrected chi connectivity index (χ1v) is 14.7. The Kier molecular flexibility index (Phi) is 12.1. The van der Waals surface area contributed by atoms with Gasteiger partial charge in [0.05, 0.1) is 7.11 Å². The molecule has 3 aromatic carbocycles. The molecule has 2 atom stereocenters. The van der Waals surface area contributed by atoms with Crippen LogP contribution in [0.4, 0.5) is 9.59 Å². The lowest BCUT2D eigenvalue weighted by molar-refractivity contribution is -0.145. The van der Waals surface area contributed by atoms with Crippen LogP contribution >= 0.6 is 0 Å². The topological polar surface area (TPSA) is 153 Å². The lowest BCUT2D eigenvalue weighted by Crippen LogP contribution is -2.56. The van der Waals surface area contributed by atoms with E-state index in [0.717, 1.165) is 16.5 Å². The summed E-state index contributed by atoms with van der Waals surface area (Å²) >= 11 is 0. The Morgan fingerprint density at radius 1 is 0.822 bits per heavy atom. The van der Waals surface area contributed by atoms with Gasteiger partial charge >= 0.3 is 18.2 Å². The first-order chi connectivity index (χ1) is 21.9. The molecule has 45 heavy (non-hydrogen) atoms. The molecule has 4 rings (SSSR count). The van der Waals surface area contributed by atoms with Gasteiger partial charge in [-0.2, -0.15) is 4.90 Å². The highest BCUT2D eigenvalue weighted by Crippen LogP contribution is 2.21. The number of unbranched alkanes of at least 4 members (excludes halogenated alkanes) is 1. The second-order valence-corrected chi connectivity index (χ2v) is 10.4. The van der Waals surface area contributed by atoms with Crippen molar-refractivity contribution in [2.45, 2.75) is 51.0 Å². The third-order valence-corrected chi connectivity index (χ3v) is 7.25. The number of esters is 1. The maximum atomic E-state index is 13.9. The molecule has 0 saturated carbocycles. The second kappa shape index (κ2) is 16.6. The number of nitrogens with zero attached hydrogens (tertiary/aromatic N) is 1. The Labute approximate surface area is 261 Å². The predicted octanol–water partition coefficient (Wildman–Crippen LogP) is 4.84. The average molecular weight is 615 g/mol. The van der Waals surface area contributed by atoms with Gasteiger partial charge in [-0.25, -0.2) is 14.4 Å². The number of hydrogen-bond acceptors (Lipinski definition) is 8. The molecule has 0 aliphatic heterocycles. The van der Waals surface area contributed by atoms with E-state index in [4.69, 9.17) is 19.9 Å². The third kappa shape index (κ3) is 9.16. The van der Waals surface area contributed by atoms with Crippen molar-refractivity contribution in [3.8, 4) is 0 Å². The van der Waals surface area contributed by atoms with E-state index in [-0.39, 0.29) is 26.1 Å². The van der Waals surface area contributed by atoms with Gasteiger partial charge in [0.1, 0.15) is 25.3 Å². The van der Waals surface area contributed by atoms with Crippen molar-refractivity contribution in [1.29, 1.82) is 0 Å². The van der Waals surface area contributed by atoms with Crippen molar-refractivity contribution in [2.75, 3.05) is 13.7 Å². The molecular formula is C34H38N4O7. The maximum Gasteiger partial charge on any atom is 0.420 e. The number of para-hydroxylation sites is 1. The highest BCUT2D eigenvalue weighted by molar-refractivity contribution is 5.97. The summed E-state index contributed by atoms with van der Waals surface area (Å²) in [6.45, 7) is 0.0752. The fourth-order valence-electron chi connectivity index (χ4n) is 4.89. The minimum Gasteiger partial charge on any atom is -0.467 e. The molecule has 0 fully saturated rings. The van der Waals surface area contributed by atoms with Gasteiger partial charge in [-0.15, -0.1) is 0 Å². The number of nitrogens with two attached hydrogens (primary N) is 1. The van der Waals surface area contributed by atoms with Gasteiger partial charge in [0, 0.05) is 23.5 Å². The number of methoxy groups -OCH3 is 1. The average Bonchev–Trinajstić information content (AvgIpc) is 3.48. The zero-order chi connectivity index (χ0) is 32.0. The molecule has 11 nitrogen and oxygen atoms in total. The first-order valence-electron chi connectivity index (χ1n) is 14.7. The van der Waals surface area contributed by atoms with Gasteiger partial charge in [0.15, 0.2) is 0 Å². The molecule has 0 radical (unpaired) electrons. The van der Waals surface area contributed by atoms with Crippen LogP contribution in [0.3, 0.4) is 0 Å². The number of ether oxygens (including phenoxy) is 3. The van der Waals surface area contributed by atoms with Crippen LogP contribution in [0.5, 0.6) is 0 Å². The van der Waals surface area contributed by atoms with Gasteiger partial charge in [0.2, 0.25) is 5.91 Å². The Morgan fingerprint density at radius 3 is 1.98 bits per heavy atom. The van der Waals surface area contributed by atoms with E-state index in [1.165, 1.54) is 7.11 Å². The van der Waals surface area contributed by atoms with Crippen LogP contribution in [0, 0.1) is 0 Å². The lowest BCUT2D eigenvalue weighted by atomic mass is 10.0. The number of carbonyl (C=O) groups excluding carboxylic acids is 4. The fraction of sp³-hybridized carbons (Fsp3) is 0.294. The highest BCUT2D eigenvalue weighted by atomic mass is 16.6. The molecule has 0 bridgehead atoms. The summed E-state index contributed by atoms with van der Waals surface area (Å²) in [5.41, 5.74) is 8.74. The van der Waals surface area contributed by atoms with E-state index in [2.05, 4.69) is 10.3 Å². The molecule has 1 aromatic heterocycles. The number of fused-ring (bicyclic) bond motifs is 1. The molecule has 3 amide bonds. The summed E-state index contributed by atoms with van der Waals surface area (Å²) in [6, 6.07) is 23.0. The number of amides is 3. The number of rotatable bonds is 14. The van der Waals surface area contributed by atoms with Crippen LogP contribution in [-0.2, 0) is 43.4 Å². The molecule has 0 unspecified atom stereocenters. The van der Waals surface area contributed by atoms with Crippen molar-refractivity contribution in [2.24, 2.45) is 5.73 Å². The maximum absolute atomic E-state index is 13.9. The van der Waals surface area contributed by atoms with Crippen molar-refractivity contribution in [3.63, 3.8) is 0 Å². The number of H-pyrrole nitrogens is 1. The van der Waals surface area contributed by atoms with Crippen LogP contribution in [0.15, 0.2) is 91.1 Å². The SMILES string of the molecule is COC(=O)[C@@H](Cc1c[nH]c2ccccc12)NC(=O)[C@@H](CCCCN)N(C(=O)OCc1ccccc1)C(=O)OCc1ccccc1. The molecule has 236 valence electrons. The smallest absolute Gasteiger partial charge is 0.420 e. The monoisotopic (exact) mass is 614 g/mol. The molecule has 11 heteroatoms. The Hall–Kier alpha value is -5.16. The predicted molar refractivity (Wildman–Crippen MR) is 168 cm³/mol. The summed E-state index contributed by atoms with van der Waals surface area (Å²) < 4.78 is 16.0. The summed E-state index contributed by atoms with van der Waals surface area (Å²) in [4.78, 5) is 57.7. The number of aromatic nitrogens is 1. The quantitative estimate of drug-likeness (QED) is 0.104. The minimum atomic E-state index is -1.36. The second-order valence-electron chi connectivity index (χ2n) is 10.4. The molecule has 0 saturated heterocycles. The van der Waals surface area contributed by atoms with Crippen molar-refractivity contribution in [3.05, 3.63) is 108 Å². The molecule has 4 N–H and O–H groups in total. The third-order valence-electron chi connectivity index (χ3n) is 7.25. The van der Waals surface area contributed by atoms with Crippen LogP contribution in [0.25, 0.3) is 10.9 Å². The van der Waals surface area contributed by atoms with Crippen LogP contribution < -0.4 is 11.1 Å². The normalized spacial score (nSPS) is 12.1. The zero-order valence-corrected chi connectivity index (χ0v) is 25.1. The van der Waals surface area contributed by atoms with E-state index in [9.17, 15) is 19.2 Å². The zero-order valence-electron chi connectivity index (χ0n) is 25.1. The van der Waals surface area contributed by atoms with E-state index < -0.39 is 36.1 Å². The van der Waals surface area contributed by atoms with Gasteiger partial charge in [-0.05, 0) is 48.6 Å². The molecular weight excluding hydrogens is 576 g/mol. The molecule has 0 aliphatic carbocycles. The van der Waals surface area contributed by atoms with Crippen LogP contribution in [0.1, 0.15) is 36.0 Å². The van der Waals surface area contributed by atoms with Crippen molar-refractivity contribution in [1.82, 2.24) is 15.2 Å². The molecule has 1 heterocycles. The summed E-state index contributed by atoms with van der Waals surface area (Å²) in [6.07, 6.45) is 0.756. The molecule has 0 spiro atoms. The fourth-order valence-corrected chi connectivity index (χ4v) is 4.89. The number of nitrogens with one attached hydrogen (secondary N) is 2. The number of hydrogen-bond donors (Lipinski definition) is 3. The Morgan fingerprint density at radius 2 is 1.40 bits per heavy atom. The molecule has 4 aromatic rings. The van der Waals surface area contributed by atoms with E-state index in [1.807, 2.05) is 36.4 Å². The van der Waals surface area contributed by atoms with Crippen molar-refractivity contribution < 1.29 is 33.4 Å². The lowest BCUT2D eigenvalue weighted by Gasteiger charge is -2.29. The van der Waals surface area contributed by atoms with E-state index >= 15 is 0 Å². The number of aromatic amines is 1. The van der Waals surface area contributed by atoms with Crippen LogP contribution in [0.2, 0.25) is 0 Å². The summed E-state index contributed by atoms with van der Waals surface area (Å²) in [7, 11) is 1.23. The largest absolute Gasteiger partial charge is 0.467 e. The first kappa shape index (κ1) is 32.7. The van der Waals surface area contributed by atoms with Gasteiger partial charge in [-0.1, -0.05) is 78.9 Å². The summed E-state index contributed by atoms with van der Waals surface area (Å²) in [5, 5.41) is 3.60. The molecule has 0 aliphatic rings. The standard InChI is InChI=1S/C34H38N4O7/c1-43-32(40)29(20-26-21-36-28-17-9-8-16-27(26)28)37-31(39)30(18-10-11-19-35)38(33(41)44-22-24-12-4-2-5-13-24)34(42)45-23-25-14-6-3-7-15-25/h2-9,12-17,21,29-30,36H,10-11,18-20,22-23,35H2,1H3,(H,37,39)/t29-,30-/m1/s1. The van der Waals surface area contributed by atoms with Crippen molar-refractivity contribution >= 4 is 35.0 Å². The van der Waals surface area contributed by atoms with E-state index in [1.54, 1.807) is 54.7 Å². The van der Waals surface area contributed by atoms with Gasteiger partial charge in [0.25, 0.3) is 0 Å². The Balaban J connectivity index is 1.60.